The van der Waals surface area contributed by atoms with Crippen LogP contribution in [0.25, 0.3) is 6.08 Å². The fourth-order valence-electron chi connectivity index (χ4n) is 2.12. The van der Waals surface area contributed by atoms with Crippen LogP contribution >= 0.6 is 0 Å². The third kappa shape index (κ3) is 3.68. The van der Waals surface area contributed by atoms with Gasteiger partial charge in [0, 0.05) is 6.08 Å². The van der Waals surface area contributed by atoms with E-state index in [9.17, 15) is 9.59 Å². The van der Waals surface area contributed by atoms with Gasteiger partial charge >= 0.3 is 5.97 Å². The van der Waals surface area contributed by atoms with E-state index in [-0.39, 0.29) is 19.1 Å². The number of carboxylic acids is 1. The Morgan fingerprint density at radius 3 is 2.90 bits per heavy atom. The molecule has 1 saturated heterocycles. The average molecular weight is 275 g/mol. The van der Waals surface area contributed by atoms with E-state index in [2.05, 4.69) is 5.32 Å². The summed E-state index contributed by atoms with van der Waals surface area (Å²) in [5, 5.41) is 11.6. The van der Waals surface area contributed by atoms with Crippen molar-refractivity contribution < 1.29 is 19.4 Å². The molecule has 1 aliphatic rings. The van der Waals surface area contributed by atoms with Gasteiger partial charge in [-0.2, -0.15) is 0 Å². The van der Waals surface area contributed by atoms with Crippen molar-refractivity contribution in [3.05, 3.63) is 41.5 Å². The van der Waals surface area contributed by atoms with Gasteiger partial charge in [-0.1, -0.05) is 29.8 Å². The first-order chi connectivity index (χ1) is 9.56. The number of carboxylic acid groups (broad SMARTS) is 1. The predicted molar refractivity (Wildman–Crippen MR) is 74.1 cm³/mol. The fraction of sp³-hybridized carbons (Fsp3) is 0.333. The van der Waals surface area contributed by atoms with Gasteiger partial charge in [0.25, 0.3) is 0 Å². The lowest BCUT2D eigenvalue weighted by Crippen LogP contribution is -2.41. The zero-order valence-corrected chi connectivity index (χ0v) is 11.2. The molecule has 5 nitrogen and oxygen atoms in total. The molecule has 1 heterocycles. The van der Waals surface area contributed by atoms with Crippen LogP contribution in [0.1, 0.15) is 11.1 Å². The van der Waals surface area contributed by atoms with Crippen LogP contribution < -0.4 is 5.32 Å². The van der Waals surface area contributed by atoms with Crippen molar-refractivity contribution in [2.45, 2.75) is 13.0 Å². The number of hydrogen-bond acceptors (Lipinski definition) is 3. The maximum atomic E-state index is 11.8. The van der Waals surface area contributed by atoms with E-state index >= 15 is 0 Å². The van der Waals surface area contributed by atoms with Crippen molar-refractivity contribution in [2.75, 3.05) is 13.2 Å². The van der Waals surface area contributed by atoms with Crippen LogP contribution in [0.15, 0.2) is 30.3 Å². The van der Waals surface area contributed by atoms with Crippen LogP contribution in [-0.2, 0) is 14.3 Å². The first kappa shape index (κ1) is 14.3. The topological polar surface area (TPSA) is 75.6 Å². The summed E-state index contributed by atoms with van der Waals surface area (Å²) in [7, 11) is 0. The minimum absolute atomic E-state index is 0.141. The second-order valence-electron chi connectivity index (χ2n) is 4.84. The Balaban J connectivity index is 1.94. The average Bonchev–Trinajstić information content (AvgIpc) is 2.85. The van der Waals surface area contributed by atoms with Gasteiger partial charge < -0.3 is 15.2 Å². The Morgan fingerprint density at radius 1 is 1.40 bits per heavy atom. The number of aliphatic carboxylic acids is 1. The van der Waals surface area contributed by atoms with E-state index in [4.69, 9.17) is 9.84 Å². The van der Waals surface area contributed by atoms with E-state index in [1.165, 1.54) is 6.08 Å². The maximum Gasteiger partial charge on any atom is 0.311 e. The summed E-state index contributed by atoms with van der Waals surface area (Å²) in [5.74, 6) is -1.94. The van der Waals surface area contributed by atoms with Crippen LogP contribution in [0, 0.1) is 12.8 Å². The van der Waals surface area contributed by atoms with Gasteiger partial charge in [0.05, 0.1) is 19.3 Å². The normalized spacial score (nSPS) is 22.1. The molecule has 0 aliphatic carbocycles. The maximum absolute atomic E-state index is 11.8. The number of nitrogens with one attached hydrogen (secondary N) is 1. The van der Waals surface area contributed by atoms with E-state index in [1.807, 2.05) is 31.2 Å². The molecule has 5 heteroatoms. The molecule has 1 aliphatic heterocycles. The molecule has 1 aromatic rings. The molecular weight excluding hydrogens is 258 g/mol. The van der Waals surface area contributed by atoms with Gasteiger partial charge in [0.1, 0.15) is 5.92 Å². The highest BCUT2D eigenvalue weighted by atomic mass is 16.5. The zero-order chi connectivity index (χ0) is 14.5. The standard InChI is InChI=1S/C15H17NO4/c1-10-3-2-4-11(7-10)5-6-14(17)16-13-9-20-8-12(13)15(18)19/h2-7,12-13H,8-9H2,1H3,(H,16,17)(H,18,19). The van der Waals surface area contributed by atoms with Gasteiger partial charge in [-0.15, -0.1) is 0 Å². The van der Waals surface area contributed by atoms with Crippen molar-refractivity contribution in [3.8, 4) is 0 Å². The number of carbonyl (C=O) groups excluding carboxylic acids is 1. The number of aryl methyl sites for hydroxylation is 1. The minimum atomic E-state index is -0.949. The Hall–Kier alpha value is -2.14. The first-order valence-electron chi connectivity index (χ1n) is 6.42. The molecular formula is C15H17NO4. The number of amides is 1. The second-order valence-corrected chi connectivity index (χ2v) is 4.84. The zero-order valence-electron chi connectivity index (χ0n) is 11.2. The molecule has 0 spiro atoms. The van der Waals surface area contributed by atoms with Crippen molar-refractivity contribution in [1.29, 1.82) is 0 Å². The molecule has 1 amide bonds. The summed E-state index contributed by atoms with van der Waals surface area (Å²) < 4.78 is 5.09. The molecule has 0 saturated carbocycles. The molecule has 2 N–H and O–H groups in total. The van der Waals surface area contributed by atoms with Gasteiger partial charge in [-0.05, 0) is 18.6 Å². The smallest absolute Gasteiger partial charge is 0.311 e. The molecule has 0 aromatic heterocycles. The van der Waals surface area contributed by atoms with Crippen LogP contribution in [0.4, 0.5) is 0 Å². The SMILES string of the molecule is Cc1cccc(C=CC(=O)NC2COCC2C(=O)O)c1. The van der Waals surface area contributed by atoms with Crippen molar-refractivity contribution in [1.82, 2.24) is 5.32 Å². The largest absolute Gasteiger partial charge is 0.481 e. The lowest BCUT2D eigenvalue weighted by Gasteiger charge is -2.14. The number of ether oxygens (including phenoxy) is 1. The lowest BCUT2D eigenvalue weighted by molar-refractivity contribution is -0.142. The summed E-state index contributed by atoms with van der Waals surface area (Å²) in [4.78, 5) is 22.7. The molecule has 20 heavy (non-hydrogen) atoms. The number of hydrogen-bond donors (Lipinski definition) is 2. The summed E-state index contributed by atoms with van der Waals surface area (Å²) in [5.41, 5.74) is 2.04. The van der Waals surface area contributed by atoms with Crippen molar-refractivity contribution >= 4 is 18.0 Å². The Bertz CT molecular complexity index is 538. The summed E-state index contributed by atoms with van der Waals surface area (Å²) in [6.07, 6.45) is 3.11. The first-order valence-corrected chi connectivity index (χ1v) is 6.42. The molecule has 2 unspecified atom stereocenters. The van der Waals surface area contributed by atoms with Gasteiger partial charge in [-0.3, -0.25) is 9.59 Å². The van der Waals surface area contributed by atoms with Crippen LogP contribution in [-0.4, -0.2) is 36.2 Å². The monoisotopic (exact) mass is 275 g/mol. The third-order valence-electron chi connectivity index (χ3n) is 3.19. The Morgan fingerprint density at radius 2 is 2.20 bits per heavy atom. The van der Waals surface area contributed by atoms with E-state index in [0.717, 1.165) is 11.1 Å². The molecule has 2 rings (SSSR count). The molecule has 106 valence electrons. The van der Waals surface area contributed by atoms with E-state index < -0.39 is 17.9 Å². The van der Waals surface area contributed by atoms with Crippen molar-refractivity contribution in [3.63, 3.8) is 0 Å². The molecule has 1 fully saturated rings. The number of rotatable bonds is 4. The highest BCUT2D eigenvalue weighted by Crippen LogP contribution is 2.14. The summed E-state index contributed by atoms with van der Waals surface area (Å²) in [6.45, 7) is 2.35. The number of carbonyl (C=O) groups is 2. The van der Waals surface area contributed by atoms with E-state index in [1.54, 1.807) is 6.08 Å². The molecule has 1 aromatic carbocycles. The molecule has 0 radical (unpaired) electrons. The highest BCUT2D eigenvalue weighted by molar-refractivity contribution is 5.92. The molecule has 2 atom stereocenters. The van der Waals surface area contributed by atoms with Gasteiger partial charge in [0.2, 0.25) is 5.91 Å². The quantitative estimate of drug-likeness (QED) is 0.810. The number of benzene rings is 1. The van der Waals surface area contributed by atoms with Crippen LogP contribution in [0.3, 0.4) is 0 Å². The fourth-order valence-corrected chi connectivity index (χ4v) is 2.12. The van der Waals surface area contributed by atoms with Crippen molar-refractivity contribution in [2.24, 2.45) is 5.92 Å². The van der Waals surface area contributed by atoms with E-state index in [0.29, 0.717) is 0 Å². The predicted octanol–water partition coefficient (Wildman–Crippen LogP) is 1.22. The van der Waals surface area contributed by atoms with Crippen LogP contribution in [0.5, 0.6) is 0 Å². The minimum Gasteiger partial charge on any atom is -0.481 e. The molecule has 0 bridgehead atoms. The second kappa shape index (κ2) is 6.34. The Labute approximate surface area is 117 Å². The van der Waals surface area contributed by atoms with Gasteiger partial charge in [0.15, 0.2) is 0 Å². The van der Waals surface area contributed by atoms with Gasteiger partial charge in [-0.25, -0.2) is 0 Å². The Kier molecular flexibility index (Phi) is 4.53. The summed E-state index contributed by atoms with van der Waals surface area (Å²) >= 11 is 0. The summed E-state index contributed by atoms with van der Waals surface area (Å²) in [6, 6.07) is 7.28. The lowest BCUT2D eigenvalue weighted by atomic mass is 10.0. The highest BCUT2D eigenvalue weighted by Gasteiger charge is 2.34. The van der Waals surface area contributed by atoms with Crippen LogP contribution in [0.2, 0.25) is 0 Å². The third-order valence-corrected chi connectivity index (χ3v) is 3.19.